The molecule has 0 atom stereocenters. The number of hydrogen-bond acceptors (Lipinski definition) is 3. The van der Waals surface area contributed by atoms with Gasteiger partial charge in [0.25, 0.3) is 0 Å². The van der Waals surface area contributed by atoms with Gasteiger partial charge in [0.15, 0.2) is 0 Å². The van der Waals surface area contributed by atoms with Crippen LogP contribution in [0.15, 0.2) is 41.0 Å². The predicted molar refractivity (Wildman–Crippen MR) is 79.9 cm³/mol. The molecule has 4 nitrogen and oxygen atoms in total. The number of rotatable bonds is 3. The van der Waals surface area contributed by atoms with E-state index < -0.39 is 0 Å². The van der Waals surface area contributed by atoms with Crippen molar-refractivity contribution >= 4 is 33.3 Å². The van der Waals surface area contributed by atoms with E-state index in [4.69, 9.17) is 5.73 Å². The molecule has 5 heteroatoms. The highest BCUT2D eigenvalue weighted by molar-refractivity contribution is 9.10. The lowest BCUT2D eigenvalue weighted by molar-refractivity contribution is -0.115. The number of anilines is 2. The number of aryl methyl sites for hydroxylation is 1. The van der Waals surface area contributed by atoms with E-state index in [0.717, 1.165) is 5.56 Å². The third-order valence-corrected chi connectivity index (χ3v) is 3.21. The van der Waals surface area contributed by atoms with Crippen LogP contribution in [-0.2, 0) is 11.2 Å². The molecular formula is C14H14BrN3O. The Morgan fingerprint density at radius 3 is 2.68 bits per heavy atom. The molecule has 2 rings (SSSR count). The van der Waals surface area contributed by atoms with Crippen molar-refractivity contribution in [2.24, 2.45) is 0 Å². The number of carbonyl (C=O) groups excluding carboxylic acids is 1. The Hall–Kier alpha value is -1.88. The first-order chi connectivity index (χ1) is 9.04. The van der Waals surface area contributed by atoms with Crippen LogP contribution in [0.3, 0.4) is 0 Å². The molecule has 1 amide bonds. The van der Waals surface area contributed by atoms with Crippen molar-refractivity contribution in [3.05, 3.63) is 52.1 Å². The Morgan fingerprint density at radius 1 is 1.37 bits per heavy atom. The van der Waals surface area contributed by atoms with Crippen molar-refractivity contribution in [3.8, 4) is 0 Å². The number of nitrogens with one attached hydrogen (secondary N) is 1. The molecule has 1 aromatic heterocycles. The SMILES string of the molecule is Cc1ccc(CC(=O)Nc2ncc(N)cc2Br)cc1. The zero-order valence-corrected chi connectivity index (χ0v) is 12.1. The molecule has 2 aromatic rings. The maximum atomic E-state index is 11.9. The Bertz CT molecular complexity index is 596. The molecular weight excluding hydrogens is 306 g/mol. The highest BCUT2D eigenvalue weighted by Gasteiger charge is 2.08. The average molecular weight is 320 g/mol. The fourth-order valence-electron chi connectivity index (χ4n) is 1.61. The minimum atomic E-state index is -0.109. The van der Waals surface area contributed by atoms with E-state index in [0.29, 0.717) is 22.4 Å². The van der Waals surface area contributed by atoms with Crippen LogP contribution in [0, 0.1) is 6.92 Å². The molecule has 1 aromatic carbocycles. The lowest BCUT2D eigenvalue weighted by Crippen LogP contribution is -2.15. The zero-order chi connectivity index (χ0) is 13.8. The topological polar surface area (TPSA) is 68.0 Å². The molecule has 1 heterocycles. The summed E-state index contributed by atoms with van der Waals surface area (Å²) in [6.45, 7) is 2.01. The second-order valence-electron chi connectivity index (χ2n) is 4.31. The number of nitrogen functional groups attached to an aromatic ring is 1. The molecule has 0 radical (unpaired) electrons. The molecule has 0 unspecified atom stereocenters. The van der Waals surface area contributed by atoms with E-state index in [-0.39, 0.29) is 5.91 Å². The normalized spacial score (nSPS) is 10.2. The molecule has 19 heavy (non-hydrogen) atoms. The van der Waals surface area contributed by atoms with Gasteiger partial charge in [0, 0.05) is 0 Å². The third-order valence-electron chi connectivity index (χ3n) is 2.61. The van der Waals surface area contributed by atoms with Crippen LogP contribution < -0.4 is 11.1 Å². The standard InChI is InChI=1S/C14H14BrN3O/c1-9-2-4-10(5-3-9)6-13(19)18-14-12(15)7-11(16)8-17-14/h2-5,7-8H,6,16H2,1H3,(H,17,18,19). The second kappa shape index (κ2) is 5.84. The van der Waals surface area contributed by atoms with Gasteiger partial charge in [-0.15, -0.1) is 0 Å². The van der Waals surface area contributed by atoms with Gasteiger partial charge in [0.2, 0.25) is 5.91 Å². The molecule has 0 aliphatic heterocycles. The summed E-state index contributed by atoms with van der Waals surface area (Å²) in [5.74, 6) is 0.369. The minimum absolute atomic E-state index is 0.109. The first kappa shape index (κ1) is 13.5. The number of aromatic nitrogens is 1. The number of amides is 1. The van der Waals surface area contributed by atoms with E-state index >= 15 is 0 Å². The number of pyridine rings is 1. The maximum Gasteiger partial charge on any atom is 0.229 e. The predicted octanol–water partition coefficient (Wildman–Crippen LogP) is 2.92. The van der Waals surface area contributed by atoms with Gasteiger partial charge in [-0.1, -0.05) is 29.8 Å². The molecule has 0 fully saturated rings. The number of nitrogens with zero attached hydrogens (tertiary/aromatic N) is 1. The van der Waals surface area contributed by atoms with E-state index in [9.17, 15) is 4.79 Å². The van der Waals surface area contributed by atoms with Gasteiger partial charge < -0.3 is 11.1 Å². The molecule has 0 spiro atoms. The Balaban J connectivity index is 2.03. The van der Waals surface area contributed by atoms with Crippen LogP contribution in [0.2, 0.25) is 0 Å². The Kier molecular flexibility index (Phi) is 4.16. The van der Waals surface area contributed by atoms with Crippen molar-refractivity contribution in [1.82, 2.24) is 4.98 Å². The fraction of sp³-hybridized carbons (Fsp3) is 0.143. The molecule has 0 saturated carbocycles. The summed E-state index contributed by atoms with van der Waals surface area (Å²) < 4.78 is 0.671. The van der Waals surface area contributed by atoms with Crippen LogP contribution in [0.1, 0.15) is 11.1 Å². The van der Waals surface area contributed by atoms with Crippen LogP contribution >= 0.6 is 15.9 Å². The van der Waals surface area contributed by atoms with Crippen molar-refractivity contribution in [2.75, 3.05) is 11.1 Å². The van der Waals surface area contributed by atoms with Gasteiger partial charge in [-0.25, -0.2) is 4.98 Å². The van der Waals surface area contributed by atoms with Crippen LogP contribution in [0.25, 0.3) is 0 Å². The molecule has 3 N–H and O–H groups in total. The first-order valence-corrected chi connectivity index (χ1v) is 6.60. The number of halogens is 1. The largest absolute Gasteiger partial charge is 0.397 e. The molecule has 0 aliphatic carbocycles. The smallest absolute Gasteiger partial charge is 0.229 e. The third kappa shape index (κ3) is 3.79. The van der Waals surface area contributed by atoms with Gasteiger partial charge in [-0.3, -0.25) is 4.79 Å². The maximum absolute atomic E-state index is 11.9. The van der Waals surface area contributed by atoms with Crippen LogP contribution in [0.4, 0.5) is 11.5 Å². The second-order valence-corrected chi connectivity index (χ2v) is 5.16. The highest BCUT2D eigenvalue weighted by Crippen LogP contribution is 2.21. The van der Waals surface area contributed by atoms with Crippen molar-refractivity contribution in [3.63, 3.8) is 0 Å². The summed E-state index contributed by atoms with van der Waals surface area (Å²) in [5, 5.41) is 2.75. The van der Waals surface area contributed by atoms with Gasteiger partial charge in [-0.2, -0.15) is 0 Å². The van der Waals surface area contributed by atoms with Crippen LogP contribution in [0.5, 0.6) is 0 Å². The van der Waals surface area contributed by atoms with Gasteiger partial charge >= 0.3 is 0 Å². The summed E-state index contributed by atoms with van der Waals surface area (Å²) in [4.78, 5) is 16.0. The quantitative estimate of drug-likeness (QED) is 0.914. The van der Waals surface area contributed by atoms with E-state index in [1.165, 1.54) is 11.8 Å². The Morgan fingerprint density at radius 2 is 2.05 bits per heavy atom. The molecule has 0 bridgehead atoms. The summed E-state index contributed by atoms with van der Waals surface area (Å²) in [6.07, 6.45) is 1.82. The molecule has 0 aliphatic rings. The number of benzene rings is 1. The lowest BCUT2D eigenvalue weighted by Gasteiger charge is -2.07. The minimum Gasteiger partial charge on any atom is -0.397 e. The van der Waals surface area contributed by atoms with Crippen LogP contribution in [-0.4, -0.2) is 10.9 Å². The zero-order valence-electron chi connectivity index (χ0n) is 10.5. The number of nitrogens with two attached hydrogens (primary N) is 1. The monoisotopic (exact) mass is 319 g/mol. The molecule has 98 valence electrons. The van der Waals surface area contributed by atoms with Gasteiger partial charge in [0.05, 0.1) is 22.8 Å². The van der Waals surface area contributed by atoms with E-state index in [2.05, 4.69) is 26.2 Å². The van der Waals surface area contributed by atoms with Gasteiger partial charge in [0.1, 0.15) is 5.82 Å². The van der Waals surface area contributed by atoms with E-state index in [1.54, 1.807) is 6.07 Å². The first-order valence-electron chi connectivity index (χ1n) is 5.81. The Labute approximate surface area is 120 Å². The average Bonchev–Trinajstić information content (AvgIpc) is 2.36. The summed E-state index contributed by atoms with van der Waals surface area (Å²) in [7, 11) is 0. The summed E-state index contributed by atoms with van der Waals surface area (Å²) in [6, 6.07) is 9.56. The fourth-order valence-corrected chi connectivity index (χ4v) is 2.08. The highest BCUT2D eigenvalue weighted by atomic mass is 79.9. The lowest BCUT2D eigenvalue weighted by atomic mass is 10.1. The van der Waals surface area contributed by atoms with Gasteiger partial charge in [-0.05, 0) is 34.5 Å². The van der Waals surface area contributed by atoms with Crippen molar-refractivity contribution in [1.29, 1.82) is 0 Å². The number of hydrogen-bond donors (Lipinski definition) is 2. The number of carbonyl (C=O) groups is 1. The van der Waals surface area contributed by atoms with Crippen molar-refractivity contribution in [2.45, 2.75) is 13.3 Å². The summed E-state index contributed by atoms with van der Waals surface area (Å²) in [5.41, 5.74) is 8.28. The van der Waals surface area contributed by atoms with Crippen molar-refractivity contribution < 1.29 is 4.79 Å². The van der Waals surface area contributed by atoms with E-state index in [1.807, 2.05) is 31.2 Å². The summed E-state index contributed by atoms with van der Waals surface area (Å²) >= 11 is 3.31. The molecule has 0 saturated heterocycles.